The maximum atomic E-state index is 12.0. The van der Waals surface area contributed by atoms with Crippen molar-refractivity contribution in [3.63, 3.8) is 0 Å². The highest BCUT2D eigenvalue weighted by Crippen LogP contribution is 2.42. The molecule has 1 heterocycles. The SMILES string of the molecule is COP(C)(=O)OC(=O)CCN1C(=O)c2ccccc2C1=O. The van der Waals surface area contributed by atoms with Gasteiger partial charge in [-0.3, -0.25) is 19.3 Å². The molecular formula is C13H14NO6P. The van der Waals surface area contributed by atoms with E-state index in [0.29, 0.717) is 11.1 Å². The third kappa shape index (κ3) is 3.20. The van der Waals surface area contributed by atoms with Gasteiger partial charge in [0, 0.05) is 20.3 Å². The van der Waals surface area contributed by atoms with E-state index in [-0.39, 0.29) is 13.0 Å². The van der Waals surface area contributed by atoms with Crippen LogP contribution < -0.4 is 0 Å². The summed E-state index contributed by atoms with van der Waals surface area (Å²) in [6, 6.07) is 6.43. The lowest BCUT2D eigenvalue weighted by atomic mass is 10.1. The summed E-state index contributed by atoms with van der Waals surface area (Å²) in [5.74, 6) is -1.69. The van der Waals surface area contributed by atoms with E-state index in [9.17, 15) is 18.9 Å². The van der Waals surface area contributed by atoms with Gasteiger partial charge in [-0.05, 0) is 12.1 Å². The number of imide groups is 1. The lowest BCUT2D eigenvalue weighted by Gasteiger charge is -2.14. The van der Waals surface area contributed by atoms with Crippen LogP contribution in [0.1, 0.15) is 27.1 Å². The minimum atomic E-state index is -3.42. The Morgan fingerprint density at radius 3 is 2.19 bits per heavy atom. The predicted molar refractivity (Wildman–Crippen MR) is 73.1 cm³/mol. The van der Waals surface area contributed by atoms with Crippen LogP contribution in [0, 0.1) is 0 Å². The first-order valence-corrected chi connectivity index (χ1v) is 8.15. The maximum Gasteiger partial charge on any atom is 0.378 e. The molecule has 7 nitrogen and oxygen atoms in total. The second-order valence-corrected chi connectivity index (χ2v) is 6.57. The molecule has 1 atom stereocenters. The summed E-state index contributed by atoms with van der Waals surface area (Å²) in [5, 5.41) is 0. The van der Waals surface area contributed by atoms with Crippen LogP contribution in [0.2, 0.25) is 0 Å². The topological polar surface area (TPSA) is 90.0 Å². The van der Waals surface area contributed by atoms with Crippen molar-refractivity contribution in [3.8, 4) is 0 Å². The average Bonchev–Trinajstić information content (AvgIpc) is 2.69. The first-order chi connectivity index (χ1) is 9.85. The molecule has 8 heteroatoms. The molecule has 1 aliphatic rings. The van der Waals surface area contributed by atoms with Gasteiger partial charge in [0.1, 0.15) is 0 Å². The van der Waals surface area contributed by atoms with Gasteiger partial charge in [-0.1, -0.05) is 12.1 Å². The van der Waals surface area contributed by atoms with Gasteiger partial charge in [-0.25, -0.2) is 4.57 Å². The molecule has 0 aliphatic carbocycles. The Morgan fingerprint density at radius 2 is 1.71 bits per heavy atom. The van der Waals surface area contributed by atoms with Gasteiger partial charge >= 0.3 is 13.6 Å². The van der Waals surface area contributed by atoms with Crippen LogP contribution >= 0.6 is 7.60 Å². The number of fused-ring (bicyclic) bond motifs is 1. The number of carbonyl (C=O) groups excluding carboxylic acids is 3. The van der Waals surface area contributed by atoms with Crippen LogP contribution in [-0.4, -0.2) is 43.0 Å². The van der Waals surface area contributed by atoms with Crippen LogP contribution in [0.3, 0.4) is 0 Å². The van der Waals surface area contributed by atoms with Crippen LogP contribution in [0.25, 0.3) is 0 Å². The van der Waals surface area contributed by atoms with Crippen LogP contribution in [-0.2, 0) is 18.4 Å². The summed E-state index contributed by atoms with van der Waals surface area (Å²) in [6.07, 6.45) is -0.243. The Morgan fingerprint density at radius 1 is 1.19 bits per heavy atom. The summed E-state index contributed by atoms with van der Waals surface area (Å²) >= 11 is 0. The Kier molecular flexibility index (Phi) is 4.25. The molecular weight excluding hydrogens is 297 g/mol. The number of benzene rings is 1. The maximum absolute atomic E-state index is 12.0. The highest BCUT2D eigenvalue weighted by atomic mass is 31.2. The summed E-state index contributed by atoms with van der Waals surface area (Å²) in [4.78, 5) is 36.6. The Labute approximate surface area is 121 Å². The van der Waals surface area contributed by atoms with Crippen LogP contribution in [0.5, 0.6) is 0 Å². The fraction of sp³-hybridized carbons (Fsp3) is 0.308. The summed E-state index contributed by atoms with van der Waals surface area (Å²) in [5.41, 5.74) is 0.628. The first-order valence-electron chi connectivity index (χ1n) is 6.16. The van der Waals surface area contributed by atoms with Gasteiger partial charge in [0.25, 0.3) is 11.8 Å². The molecule has 0 saturated heterocycles. The molecule has 112 valence electrons. The molecule has 0 fully saturated rings. The number of hydrogen-bond donors (Lipinski definition) is 0. The van der Waals surface area contributed by atoms with Crippen molar-refractivity contribution in [2.75, 3.05) is 20.3 Å². The van der Waals surface area contributed by atoms with Gasteiger partial charge in [-0.15, -0.1) is 0 Å². The molecule has 0 spiro atoms. The zero-order valence-electron chi connectivity index (χ0n) is 11.6. The Balaban J connectivity index is 2.00. The van der Waals surface area contributed by atoms with E-state index in [4.69, 9.17) is 0 Å². The van der Waals surface area contributed by atoms with Crippen molar-refractivity contribution < 1.29 is 28.0 Å². The standard InChI is InChI=1S/C13H14NO6P/c1-19-21(2,18)20-11(15)7-8-14-12(16)9-5-3-4-6-10(9)13(14)17/h3-6H,7-8H2,1-2H3. The van der Waals surface area contributed by atoms with Crippen LogP contribution in [0.15, 0.2) is 24.3 Å². The third-order valence-corrected chi connectivity index (χ3v) is 4.22. The van der Waals surface area contributed by atoms with Gasteiger partial charge in [0.2, 0.25) is 0 Å². The Hall–Kier alpha value is -1.98. The van der Waals surface area contributed by atoms with Crippen molar-refractivity contribution >= 4 is 25.4 Å². The molecule has 21 heavy (non-hydrogen) atoms. The fourth-order valence-corrected chi connectivity index (χ4v) is 2.45. The number of hydrogen-bond acceptors (Lipinski definition) is 6. The molecule has 0 radical (unpaired) electrons. The van der Waals surface area contributed by atoms with E-state index in [1.165, 1.54) is 0 Å². The van der Waals surface area contributed by atoms with E-state index in [2.05, 4.69) is 9.05 Å². The monoisotopic (exact) mass is 311 g/mol. The smallest absolute Gasteiger partial charge is 0.378 e. The second kappa shape index (κ2) is 5.79. The van der Waals surface area contributed by atoms with Crippen molar-refractivity contribution in [1.82, 2.24) is 4.90 Å². The second-order valence-electron chi connectivity index (χ2n) is 4.47. The number of nitrogens with zero attached hydrogens (tertiary/aromatic N) is 1. The molecule has 0 N–H and O–H groups in total. The van der Waals surface area contributed by atoms with Crippen molar-refractivity contribution in [2.24, 2.45) is 0 Å². The number of rotatable bonds is 5. The fourth-order valence-electron chi connectivity index (χ4n) is 1.91. The number of amides is 2. The summed E-state index contributed by atoms with van der Waals surface area (Å²) < 4.78 is 20.7. The zero-order chi connectivity index (χ0) is 15.6. The molecule has 0 aromatic heterocycles. The minimum Gasteiger partial charge on any atom is -0.392 e. The van der Waals surface area contributed by atoms with E-state index < -0.39 is 25.4 Å². The first kappa shape index (κ1) is 15.4. The van der Waals surface area contributed by atoms with Gasteiger partial charge in [0.05, 0.1) is 17.5 Å². The molecule has 0 saturated carbocycles. The zero-order valence-corrected chi connectivity index (χ0v) is 12.5. The normalized spacial score (nSPS) is 16.6. The lowest BCUT2D eigenvalue weighted by Crippen LogP contribution is -2.32. The van der Waals surface area contributed by atoms with Gasteiger partial charge in [0.15, 0.2) is 0 Å². The van der Waals surface area contributed by atoms with E-state index in [1.54, 1.807) is 24.3 Å². The van der Waals surface area contributed by atoms with Crippen molar-refractivity contribution in [1.29, 1.82) is 0 Å². The predicted octanol–water partition coefficient (Wildman–Crippen LogP) is 1.69. The largest absolute Gasteiger partial charge is 0.392 e. The van der Waals surface area contributed by atoms with Crippen LogP contribution in [0.4, 0.5) is 0 Å². The molecule has 0 bridgehead atoms. The van der Waals surface area contributed by atoms with E-state index in [0.717, 1.165) is 18.7 Å². The molecule has 1 aromatic rings. The molecule has 2 rings (SSSR count). The number of carbonyl (C=O) groups is 3. The molecule has 1 unspecified atom stereocenters. The van der Waals surface area contributed by atoms with Crippen molar-refractivity contribution in [3.05, 3.63) is 35.4 Å². The minimum absolute atomic E-state index is 0.130. The highest BCUT2D eigenvalue weighted by molar-refractivity contribution is 7.53. The van der Waals surface area contributed by atoms with E-state index in [1.807, 2.05) is 0 Å². The summed E-state index contributed by atoms with van der Waals surface area (Å²) in [6.45, 7) is 1.03. The van der Waals surface area contributed by atoms with Gasteiger partial charge in [-0.2, -0.15) is 0 Å². The molecule has 1 aliphatic heterocycles. The molecule has 1 aromatic carbocycles. The lowest BCUT2D eigenvalue weighted by molar-refractivity contribution is -0.134. The quantitative estimate of drug-likeness (QED) is 0.607. The summed E-state index contributed by atoms with van der Waals surface area (Å²) in [7, 11) is -2.25. The highest BCUT2D eigenvalue weighted by Gasteiger charge is 2.35. The average molecular weight is 311 g/mol. The third-order valence-electron chi connectivity index (χ3n) is 3.02. The van der Waals surface area contributed by atoms with E-state index >= 15 is 0 Å². The Bertz CT molecular complexity index is 621. The molecule has 2 amide bonds. The van der Waals surface area contributed by atoms with Crippen molar-refractivity contribution in [2.45, 2.75) is 6.42 Å². The van der Waals surface area contributed by atoms with Gasteiger partial charge < -0.3 is 9.05 Å².